The Morgan fingerprint density at radius 3 is 2.76 bits per heavy atom. The molecule has 1 N–H and O–H groups in total. The standard InChI is InChI=1S/C19H20N4O2/c1-2-5-15(6-3-1)17(12-23-14-20-13-22-23)21-11-16-7-4-8-18-19(16)25-10-9-24-18/h1-8,13-14,17,21H,9-12H2/t17-/m1/s1. The molecule has 1 atom stereocenters. The molecule has 0 unspecified atom stereocenters. The molecular formula is C19H20N4O2. The van der Waals surface area contributed by atoms with E-state index in [1.54, 1.807) is 12.7 Å². The molecule has 1 aliphatic rings. The lowest BCUT2D eigenvalue weighted by molar-refractivity contribution is 0.169. The van der Waals surface area contributed by atoms with Gasteiger partial charge in [-0.25, -0.2) is 4.98 Å². The molecule has 6 heteroatoms. The summed E-state index contributed by atoms with van der Waals surface area (Å²) in [4.78, 5) is 4.03. The van der Waals surface area contributed by atoms with Crippen molar-refractivity contribution in [3.8, 4) is 11.5 Å². The van der Waals surface area contributed by atoms with Crippen LogP contribution in [0.4, 0.5) is 0 Å². The van der Waals surface area contributed by atoms with Crippen molar-refractivity contribution in [2.75, 3.05) is 13.2 Å². The molecule has 2 heterocycles. The Hall–Kier alpha value is -2.86. The van der Waals surface area contributed by atoms with Gasteiger partial charge in [0.05, 0.1) is 12.6 Å². The normalized spacial score (nSPS) is 14.2. The molecule has 2 aromatic carbocycles. The van der Waals surface area contributed by atoms with Crippen LogP contribution in [0.5, 0.6) is 11.5 Å². The van der Waals surface area contributed by atoms with Crippen LogP contribution in [0.15, 0.2) is 61.2 Å². The lowest BCUT2D eigenvalue weighted by atomic mass is 10.1. The van der Waals surface area contributed by atoms with Crippen LogP contribution in [0.25, 0.3) is 0 Å². The third-order valence-corrected chi connectivity index (χ3v) is 4.22. The second-order valence-electron chi connectivity index (χ2n) is 5.90. The molecule has 0 amide bonds. The summed E-state index contributed by atoms with van der Waals surface area (Å²) >= 11 is 0. The van der Waals surface area contributed by atoms with Crippen molar-refractivity contribution >= 4 is 0 Å². The molecule has 0 saturated carbocycles. The van der Waals surface area contributed by atoms with Gasteiger partial charge in [0, 0.05) is 12.1 Å². The maximum absolute atomic E-state index is 5.81. The van der Waals surface area contributed by atoms with Crippen molar-refractivity contribution in [2.45, 2.75) is 19.1 Å². The Kier molecular flexibility index (Phi) is 4.61. The zero-order chi connectivity index (χ0) is 16.9. The van der Waals surface area contributed by atoms with Crippen molar-refractivity contribution in [1.29, 1.82) is 0 Å². The Labute approximate surface area is 146 Å². The number of hydrogen-bond acceptors (Lipinski definition) is 5. The van der Waals surface area contributed by atoms with Gasteiger partial charge in [0.25, 0.3) is 0 Å². The molecule has 0 radical (unpaired) electrons. The highest BCUT2D eigenvalue weighted by Gasteiger charge is 2.17. The van der Waals surface area contributed by atoms with Crippen LogP contribution in [-0.2, 0) is 13.1 Å². The van der Waals surface area contributed by atoms with Gasteiger partial charge in [0.2, 0.25) is 0 Å². The van der Waals surface area contributed by atoms with E-state index < -0.39 is 0 Å². The minimum atomic E-state index is 0.114. The van der Waals surface area contributed by atoms with Crippen LogP contribution in [0.1, 0.15) is 17.2 Å². The van der Waals surface area contributed by atoms with Crippen molar-refractivity contribution < 1.29 is 9.47 Å². The summed E-state index contributed by atoms with van der Waals surface area (Å²) in [6.45, 7) is 2.57. The minimum Gasteiger partial charge on any atom is -0.486 e. The SMILES string of the molecule is c1ccc([C@@H](Cn2cncn2)NCc2cccc3c2OCCO3)cc1. The number of nitrogens with one attached hydrogen (secondary N) is 1. The lowest BCUT2D eigenvalue weighted by Gasteiger charge is -2.23. The predicted molar refractivity (Wildman–Crippen MR) is 93.5 cm³/mol. The van der Waals surface area contributed by atoms with Gasteiger partial charge in [-0.05, 0) is 11.6 Å². The molecule has 3 aromatic rings. The van der Waals surface area contributed by atoms with Crippen LogP contribution in [0.2, 0.25) is 0 Å². The van der Waals surface area contributed by atoms with Crippen LogP contribution >= 0.6 is 0 Å². The third-order valence-electron chi connectivity index (χ3n) is 4.22. The summed E-state index contributed by atoms with van der Waals surface area (Å²) in [6.07, 6.45) is 3.29. The molecular weight excluding hydrogens is 316 g/mol. The molecule has 1 aliphatic heterocycles. The summed E-state index contributed by atoms with van der Waals surface area (Å²) in [5, 5.41) is 7.84. The average molecular weight is 336 g/mol. The Balaban J connectivity index is 1.53. The molecule has 0 spiro atoms. The average Bonchev–Trinajstić information content (AvgIpc) is 3.19. The van der Waals surface area contributed by atoms with Crippen LogP contribution in [0, 0.1) is 0 Å². The van der Waals surface area contributed by atoms with Gasteiger partial charge >= 0.3 is 0 Å². The first-order valence-electron chi connectivity index (χ1n) is 8.38. The quantitative estimate of drug-likeness (QED) is 0.750. The number of nitrogens with zero attached hydrogens (tertiary/aromatic N) is 3. The van der Waals surface area contributed by atoms with Crippen molar-refractivity contribution in [1.82, 2.24) is 20.1 Å². The summed E-state index contributed by atoms with van der Waals surface area (Å²) < 4.78 is 13.3. The van der Waals surface area contributed by atoms with Gasteiger partial charge in [-0.1, -0.05) is 42.5 Å². The molecule has 6 nitrogen and oxygen atoms in total. The van der Waals surface area contributed by atoms with E-state index >= 15 is 0 Å². The fourth-order valence-electron chi connectivity index (χ4n) is 2.99. The van der Waals surface area contributed by atoms with Crippen molar-refractivity contribution in [3.05, 3.63) is 72.3 Å². The number of rotatable bonds is 6. The van der Waals surface area contributed by atoms with Crippen molar-refractivity contribution in [3.63, 3.8) is 0 Å². The first kappa shape index (κ1) is 15.7. The van der Waals surface area contributed by atoms with Crippen LogP contribution in [0.3, 0.4) is 0 Å². The molecule has 25 heavy (non-hydrogen) atoms. The molecule has 0 bridgehead atoms. The summed E-state index contributed by atoms with van der Waals surface area (Å²) in [7, 11) is 0. The lowest BCUT2D eigenvalue weighted by Crippen LogP contribution is -2.26. The summed E-state index contributed by atoms with van der Waals surface area (Å²) in [5.74, 6) is 1.66. The highest BCUT2D eigenvalue weighted by atomic mass is 16.6. The number of para-hydroxylation sites is 1. The zero-order valence-electron chi connectivity index (χ0n) is 13.8. The first-order chi connectivity index (χ1) is 12.4. The largest absolute Gasteiger partial charge is 0.486 e. The van der Waals surface area contributed by atoms with Crippen LogP contribution < -0.4 is 14.8 Å². The van der Waals surface area contributed by atoms with E-state index in [4.69, 9.17) is 9.47 Å². The topological polar surface area (TPSA) is 61.2 Å². The van der Waals surface area contributed by atoms with E-state index in [1.807, 2.05) is 35.0 Å². The number of hydrogen-bond donors (Lipinski definition) is 1. The number of fused-ring (bicyclic) bond motifs is 1. The summed E-state index contributed by atoms with van der Waals surface area (Å²) in [5.41, 5.74) is 2.30. The maximum atomic E-state index is 5.81. The fourth-order valence-corrected chi connectivity index (χ4v) is 2.99. The van der Waals surface area contributed by atoms with Crippen LogP contribution in [-0.4, -0.2) is 28.0 Å². The first-order valence-corrected chi connectivity index (χ1v) is 8.38. The predicted octanol–water partition coefficient (Wildman–Crippen LogP) is 2.58. The Morgan fingerprint density at radius 2 is 1.92 bits per heavy atom. The third kappa shape index (κ3) is 3.64. The van der Waals surface area contributed by atoms with Gasteiger partial charge in [-0.2, -0.15) is 5.10 Å². The van der Waals surface area contributed by atoms with E-state index in [0.717, 1.165) is 17.1 Å². The van der Waals surface area contributed by atoms with E-state index in [0.29, 0.717) is 26.3 Å². The second kappa shape index (κ2) is 7.36. The Bertz CT molecular complexity index is 806. The molecule has 1 aromatic heterocycles. The number of benzene rings is 2. The minimum absolute atomic E-state index is 0.114. The smallest absolute Gasteiger partial charge is 0.165 e. The highest BCUT2D eigenvalue weighted by Crippen LogP contribution is 2.33. The van der Waals surface area contributed by atoms with Gasteiger partial charge in [-0.15, -0.1) is 0 Å². The maximum Gasteiger partial charge on any atom is 0.165 e. The molecule has 0 aliphatic carbocycles. The van der Waals surface area contributed by atoms with Gasteiger partial charge in [-0.3, -0.25) is 4.68 Å². The number of aromatic nitrogens is 3. The van der Waals surface area contributed by atoms with Crippen molar-refractivity contribution in [2.24, 2.45) is 0 Å². The molecule has 0 fully saturated rings. The Morgan fingerprint density at radius 1 is 1.04 bits per heavy atom. The number of ether oxygens (including phenoxy) is 2. The molecule has 4 rings (SSSR count). The van der Waals surface area contributed by atoms with Gasteiger partial charge in [0.1, 0.15) is 25.9 Å². The van der Waals surface area contributed by atoms with E-state index in [2.05, 4.69) is 33.6 Å². The summed E-state index contributed by atoms with van der Waals surface area (Å²) in [6, 6.07) is 16.5. The van der Waals surface area contributed by atoms with E-state index in [-0.39, 0.29) is 6.04 Å². The highest BCUT2D eigenvalue weighted by molar-refractivity contribution is 5.47. The van der Waals surface area contributed by atoms with E-state index in [9.17, 15) is 0 Å². The molecule has 0 saturated heterocycles. The molecule has 128 valence electrons. The van der Waals surface area contributed by atoms with E-state index in [1.165, 1.54) is 5.56 Å². The second-order valence-corrected chi connectivity index (χ2v) is 5.90. The zero-order valence-corrected chi connectivity index (χ0v) is 13.8. The monoisotopic (exact) mass is 336 g/mol. The van der Waals surface area contributed by atoms with Gasteiger partial charge < -0.3 is 14.8 Å². The van der Waals surface area contributed by atoms with Gasteiger partial charge in [0.15, 0.2) is 11.5 Å². The fraction of sp³-hybridized carbons (Fsp3) is 0.263.